The van der Waals surface area contributed by atoms with E-state index >= 15 is 0 Å². The van der Waals surface area contributed by atoms with Gasteiger partial charge in [-0.1, -0.05) is 28.1 Å². The van der Waals surface area contributed by atoms with Gasteiger partial charge >= 0.3 is 12.1 Å². The van der Waals surface area contributed by atoms with Crippen LogP contribution in [-0.2, 0) is 5.54 Å². The number of benzene rings is 1. The Kier molecular flexibility index (Phi) is 3.40. The first-order chi connectivity index (χ1) is 8.71. The van der Waals surface area contributed by atoms with Crippen molar-refractivity contribution >= 4 is 15.9 Å². The predicted molar refractivity (Wildman–Crippen MR) is 61.2 cm³/mol. The van der Waals surface area contributed by atoms with E-state index in [-0.39, 0.29) is 12.1 Å². The molecule has 0 aromatic heterocycles. The molecule has 0 spiro atoms. The lowest BCUT2D eigenvalue weighted by molar-refractivity contribution is -0.309. The molecule has 8 heteroatoms. The molecule has 2 rings (SSSR count). The molecule has 1 aliphatic rings. The van der Waals surface area contributed by atoms with Crippen LogP contribution in [0.2, 0.25) is 0 Å². The van der Waals surface area contributed by atoms with E-state index in [1.165, 1.54) is 24.3 Å². The van der Waals surface area contributed by atoms with Gasteiger partial charge in [-0.2, -0.15) is 32.2 Å². The number of halogens is 6. The van der Waals surface area contributed by atoms with Crippen LogP contribution in [0.5, 0.6) is 0 Å². The van der Waals surface area contributed by atoms with Crippen LogP contribution < -0.4 is 0 Å². The van der Waals surface area contributed by atoms with Crippen LogP contribution in [0.4, 0.5) is 22.0 Å². The molecule has 19 heavy (non-hydrogen) atoms. The van der Waals surface area contributed by atoms with Crippen LogP contribution in [0.25, 0.3) is 0 Å². The van der Waals surface area contributed by atoms with E-state index in [4.69, 9.17) is 0 Å². The van der Waals surface area contributed by atoms with E-state index < -0.39 is 24.1 Å². The molecule has 0 fully saturated rings. The largest absolute Gasteiger partial charge is 0.456 e. The fourth-order valence-electron chi connectivity index (χ4n) is 2.00. The summed E-state index contributed by atoms with van der Waals surface area (Å²) in [5.74, 6) is -4.96. The zero-order chi connectivity index (χ0) is 14.3. The number of rotatable bonds is 2. The van der Waals surface area contributed by atoms with Gasteiger partial charge in [0, 0.05) is 10.9 Å². The maximum atomic E-state index is 13.8. The Labute approximate surface area is 113 Å². The third-order valence-corrected chi connectivity index (χ3v) is 3.54. The first-order valence-corrected chi connectivity index (χ1v) is 6.09. The highest BCUT2D eigenvalue weighted by Gasteiger charge is 2.72. The van der Waals surface area contributed by atoms with E-state index in [1.807, 2.05) is 0 Å². The van der Waals surface area contributed by atoms with Crippen molar-refractivity contribution in [2.45, 2.75) is 24.1 Å². The monoisotopic (exact) mass is 342 g/mol. The molecule has 1 heterocycles. The Balaban J connectivity index is 2.56. The second-order valence-electron chi connectivity index (χ2n) is 4.15. The molecule has 0 bridgehead atoms. The molecule has 1 aromatic rings. The molecule has 2 nitrogen and oxygen atoms in total. The zero-order valence-corrected chi connectivity index (χ0v) is 11.0. The Morgan fingerprint density at radius 2 is 1.63 bits per heavy atom. The molecular formula is C11H8BrF5N2. The molecule has 1 unspecified atom stereocenters. The lowest BCUT2D eigenvalue weighted by Crippen LogP contribution is -2.53. The topological polar surface area (TPSA) is 24.7 Å². The fraction of sp³-hybridized carbons (Fsp3) is 0.455. The van der Waals surface area contributed by atoms with Crippen LogP contribution in [0.15, 0.2) is 39.0 Å². The van der Waals surface area contributed by atoms with Crippen molar-refractivity contribution in [3.63, 3.8) is 0 Å². The van der Waals surface area contributed by atoms with E-state index in [1.54, 1.807) is 0 Å². The lowest BCUT2D eigenvalue weighted by Gasteiger charge is -2.34. The summed E-state index contributed by atoms with van der Waals surface area (Å²) in [6.45, 7) is -0.151. The summed E-state index contributed by atoms with van der Waals surface area (Å²) in [5, 5.41) is 6.59. The molecule has 0 N–H and O–H groups in total. The van der Waals surface area contributed by atoms with Gasteiger partial charge in [-0.05, 0) is 17.7 Å². The van der Waals surface area contributed by atoms with E-state index in [2.05, 4.69) is 26.2 Å². The molecule has 0 aliphatic carbocycles. The molecule has 104 valence electrons. The van der Waals surface area contributed by atoms with Gasteiger partial charge in [0.1, 0.15) is 0 Å². The molecule has 0 saturated heterocycles. The minimum absolute atomic E-state index is 0.151. The number of alkyl halides is 5. The van der Waals surface area contributed by atoms with Gasteiger partial charge in [-0.3, -0.25) is 0 Å². The molecule has 0 amide bonds. The summed E-state index contributed by atoms with van der Waals surface area (Å²) in [5.41, 5.74) is -2.86. The molecule has 0 radical (unpaired) electrons. The smallest absolute Gasteiger partial charge is 0.193 e. The first kappa shape index (κ1) is 14.4. The van der Waals surface area contributed by atoms with Gasteiger partial charge < -0.3 is 0 Å². The van der Waals surface area contributed by atoms with Crippen molar-refractivity contribution in [1.82, 2.24) is 0 Å². The van der Waals surface area contributed by atoms with Crippen LogP contribution in [0.1, 0.15) is 12.0 Å². The second kappa shape index (κ2) is 4.50. The minimum Gasteiger partial charge on any atom is -0.193 e. The number of hydrogen-bond acceptors (Lipinski definition) is 2. The standard InChI is InChI=1S/C11H8BrF5N2/c12-8-3-1-7(2-4-8)9(5-6-18-19-9)10(13,14)11(15,16)17/h1-4H,5-6H2. The van der Waals surface area contributed by atoms with Crippen molar-refractivity contribution in [3.8, 4) is 0 Å². The van der Waals surface area contributed by atoms with Gasteiger partial charge in [0.2, 0.25) is 0 Å². The Morgan fingerprint density at radius 3 is 2.05 bits per heavy atom. The fourth-order valence-corrected chi connectivity index (χ4v) is 2.26. The summed E-state index contributed by atoms with van der Waals surface area (Å²) in [4.78, 5) is 0. The minimum atomic E-state index is -5.68. The molecular weight excluding hydrogens is 335 g/mol. The highest BCUT2D eigenvalue weighted by Crippen LogP contribution is 2.54. The number of hydrogen-bond donors (Lipinski definition) is 0. The first-order valence-electron chi connectivity index (χ1n) is 5.30. The number of azo groups is 1. The molecule has 1 atom stereocenters. The Bertz CT molecular complexity index is 497. The van der Waals surface area contributed by atoms with Gasteiger partial charge in [0.25, 0.3) is 0 Å². The predicted octanol–water partition coefficient (Wildman–Crippen LogP) is 4.70. The van der Waals surface area contributed by atoms with Crippen molar-refractivity contribution in [3.05, 3.63) is 34.3 Å². The van der Waals surface area contributed by atoms with Crippen LogP contribution in [-0.4, -0.2) is 18.6 Å². The van der Waals surface area contributed by atoms with Gasteiger partial charge in [0.05, 0.1) is 6.54 Å². The summed E-state index contributed by atoms with van der Waals surface area (Å²) in [6, 6.07) is 5.21. The van der Waals surface area contributed by atoms with Gasteiger partial charge in [-0.15, -0.1) is 0 Å². The maximum Gasteiger partial charge on any atom is 0.456 e. The van der Waals surface area contributed by atoms with Crippen molar-refractivity contribution in [2.75, 3.05) is 6.54 Å². The lowest BCUT2D eigenvalue weighted by atomic mass is 9.81. The Morgan fingerprint density at radius 1 is 1.05 bits per heavy atom. The van der Waals surface area contributed by atoms with Crippen LogP contribution >= 0.6 is 15.9 Å². The third-order valence-electron chi connectivity index (χ3n) is 3.01. The summed E-state index contributed by atoms with van der Waals surface area (Å²) >= 11 is 3.10. The van der Waals surface area contributed by atoms with Gasteiger partial charge in [-0.25, -0.2) is 0 Å². The number of nitrogens with zero attached hydrogens (tertiary/aromatic N) is 2. The van der Waals surface area contributed by atoms with Crippen LogP contribution in [0.3, 0.4) is 0 Å². The normalized spacial score (nSPS) is 23.9. The van der Waals surface area contributed by atoms with Crippen molar-refractivity contribution < 1.29 is 22.0 Å². The zero-order valence-electron chi connectivity index (χ0n) is 9.39. The quantitative estimate of drug-likeness (QED) is 0.696. The van der Waals surface area contributed by atoms with E-state index in [9.17, 15) is 22.0 Å². The molecule has 1 aliphatic heterocycles. The molecule has 0 saturated carbocycles. The van der Waals surface area contributed by atoms with Gasteiger partial charge in [0.15, 0.2) is 5.54 Å². The summed E-state index contributed by atoms with van der Waals surface area (Å²) in [6.07, 6.45) is -6.15. The maximum absolute atomic E-state index is 13.8. The van der Waals surface area contributed by atoms with Crippen LogP contribution in [0, 0.1) is 0 Å². The Hall–Kier alpha value is -1.05. The third kappa shape index (κ3) is 2.15. The van der Waals surface area contributed by atoms with E-state index in [0.717, 1.165) is 0 Å². The van der Waals surface area contributed by atoms with E-state index in [0.29, 0.717) is 4.47 Å². The average molecular weight is 343 g/mol. The average Bonchev–Trinajstić information content (AvgIpc) is 2.79. The summed E-state index contributed by atoms with van der Waals surface area (Å²) in [7, 11) is 0. The highest BCUT2D eigenvalue weighted by molar-refractivity contribution is 9.10. The second-order valence-corrected chi connectivity index (χ2v) is 5.07. The SMILES string of the molecule is FC(F)(F)C(F)(F)C1(c2ccc(Br)cc2)CCN=N1. The highest BCUT2D eigenvalue weighted by atomic mass is 79.9. The van der Waals surface area contributed by atoms with Crippen molar-refractivity contribution in [2.24, 2.45) is 10.2 Å². The van der Waals surface area contributed by atoms with Crippen molar-refractivity contribution in [1.29, 1.82) is 0 Å². The summed E-state index contributed by atoms with van der Waals surface area (Å²) < 4.78 is 66.1. The molecule has 1 aromatic carbocycles.